The highest BCUT2D eigenvalue weighted by atomic mass is 19.1. The molecule has 1 aliphatic heterocycles. The van der Waals surface area contributed by atoms with Crippen LogP contribution in [0.15, 0.2) is 112 Å². The molecular weight excluding hydrogens is 513 g/mol. The Kier molecular flexibility index (Phi) is 7.93. The number of halogens is 1. The number of hydrogen-bond acceptors (Lipinski definition) is 5. The van der Waals surface area contributed by atoms with Crippen LogP contribution in [0.25, 0.3) is 10.4 Å². The Labute approximate surface area is 229 Å². The van der Waals surface area contributed by atoms with Gasteiger partial charge < -0.3 is 9.47 Å². The Morgan fingerprint density at radius 2 is 1.50 bits per heavy atom. The number of alkyl halides is 1. The number of azide groups is 1. The molecule has 3 aromatic carbocycles. The zero-order valence-corrected chi connectivity index (χ0v) is 21.8. The van der Waals surface area contributed by atoms with Gasteiger partial charge in [0.1, 0.15) is 5.60 Å². The summed E-state index contributed by atoms with van der Waals surface area (Å²) >= 11 is 0. The predicted octanol–water partition coefficient (Wildman–Crippen LogP) is 5.02. The molecule has 1 aliphatic rings. The van der Waals surface area contributed by atoms with Gasteiger partial charge in [-0.15, -0.1) is 0 Å². The second-order valence-electron chi connectivity index (χ2n) is 9.66. The van der Waals surface area contributed by atoms with Gasteiger partial charge in [0.15, 0.2) is 12.4 Å². The molecule has 0 unspecified atom stereocenters. The summed E-state index contributed by atoms with van der Waals surface area (Å²) in [5.41, 5.74) is 9.35. The monoisotopic (exact) mass is 541 g/mol. The summed E-state index contributed by atoms with van der Waals surface area (Å²) < 4.78 is 29.8. The van der Waals surface area contributed by atoms with Gasteiger partial charge in [0.05, 0.1) is 12.7 Å². The third-order valence-electron chi connectivity index (χ3n) is 7.25. The summed E-state index contributed by atoms with van der Waals surface area (Å²) in [5, 5.41) is 3.62. The van der Waals surface area contributed by atoms with E-state index in [2.05, 4.69) is 15.0 Å². The van der Waals surface area contributed by atoms with E-state index in [0.29, 0.717) is 0 Å². The maximum Gasteiger partial charge on any atom is 0.330 e. The normalized spacial score (nSPS) is 20.6. The molecule has 0 amide bonds. The van der Waals surface area contributed by atoms with Crippen LogP contribution in [0.1, 0.15) is 28.5 Å². The van der Waals surface area contributed by atoms with Gasteiger partial charge >= 0.3 is 5.69 Å². The summed E-state index contributed by atoms with van der Waals surface area (Å²) in [4.78, 5) is 29.5. The van der Waals surface area contributed by atoms with Crippen molar-refractivity contribution in [3.05, 3.63) is 151 Å². The van der Waals surface area contributed by atoms with Crippen LogP contribution in [0.3, 0.4) is 0 Å². The molecule has 4 aromatic rings. The van der Waals surface area contributed by atoms with Crippen LogP contribution in [0, 0.1) is 12.8 Å². The van der Waals surface area contributed by atoms with E-state index in [9.17, 15) is 9.59 Å². The Hall–Kier alpha value is -4.50. The highest BCUT2D eigenvalue weighted by Crippen LogP contribution is 2.43. The smallest absolute Gasteiger partial charge is 0.330 e. The first-order valence-corrected chi connectivity index (χ1v) is 12.9. The molecule has 9 nitrogen and oxygen atoms in total. The topological polar surface area (TPSA) is 122 Å². The van der Waals surface area contributed by atoms with Crippen LogP contribution >= 0.6 is 0 Å². The molecule has 204 valence electrons. The number of nitrogens with zero attached hydrogens (tertiary/aromatic N) is 4. The first kappa shape index (κ1) is 27.1. The number of benzene rings is 3. The lowest BCUT2D eigenvalue weighted by Gasteiger charge is -2.37. The molecule has 0 aliphatic carbocycles. The molecule has 0 saturated carbocycles. The van der Waals surface area contributed by atoms with Crippen LogP contribution < -0.4 is 11.2 Å². The molecule has 5 rings (SSSR count). The van der Waals surface area contributed by atoms with Crippen molar-refractivity contribution in [1.29, 1.82) is 0 Å². The number of rotatable bonds is 9. The molecule has 0 spiro atoms. The van der Waals surface area contributed by atoms with Gasteiger partial charge in [-0.05, 0) is 29.1 Å². The maximum atomic E-state index is 15.9. The van der Waals surface area contributed by atoms with E-state index in [-0.39, 0.29) is 18.7 Å². The first-order valence-electron chi connectivity index (χ1n) is 12.9. The quantitative estimate of drug-likeness (QED) is 0.138. The first-order chi connectivity index (χ1) is 19.5. The largest absolute Gasteiger partial charge is 0.358 e. The lowest BCUT2D eigenvalue weighted by Crippen LogP contribution is -2.38. The van der Waals surface area contributed by atoms with Crippen molar-refractivity contribution in [3.63, 3.8) is 0 Å². The fraction of sp³-hybridized carbons (Fsp3) is 0.267. The molecule has 0 bridgehead atoms. The van der Waals surface area contributed by atoms with Crippen LogP contribution in [-0.4, -0.2) is 35.0 Å². The van der Waals surface area contributed by atoms with Crippen molar-refractivity contribution >= 4 is 0 Å². The third-order valence-corrected chi connectivity index (χ3v) is 7.25. The minimum Gasteiger partial charge on any atom is -0.358 e. The van der Waals surface area contributed by atoms with Gasteiger partial charge in [0.2, 0.25) is 0 Å². The highest BCUT2D eigenvalue weighted by molar-refractivity contribution is 5.47. The Morgan fingerprint density at radius 1 is 0.975 bits per heavy atom. The molecule has 2 heterocycles. The summed E-state index contributed by atoms with van der Waals surface area (Å²) in [6.45, 7) is 1.23. The van der Waals surface area contributed by atoms with Gasteiger partial charge in [-0.2, -0.15) is 0 Å². The van der Waals surface area contributed by atoms with Crippen LogP contribution in [0.2, 0.25) is 0 Å². The molecule has 10 heteroatoms. The van der Waals surface area contributed by atoms with Crippen molar-refractivity contribution in [2.75, 3.05) is 13.2 Å². The van der Waals surface area contributed by atoms with E-state index in [4.69, 9.17) is 15.0 Å². The average molecular weight is 542 g/mol. The Bertz CT molecular complexity index is 1510. The Morgan fingerprint density at radius 3 is 2.00 bits per heavy atom. The molecule has 1 fully saturated rings. The molecule has 4 atom stereocenters. The number of hydrogen-bond donors (Lipinski definition) is 1. The van der Waals surface area contributed by atoms with Gasteiger partial charge in [0.25, 0.3) is 5.56 Å². The standard InChI is InChI=1S/C30H28FN5O4/c1-20-18-36(29(38)34-27(20)37)28-26(31)24(17-33-35-32)25(40-28)19-39-30(21-11-5-2-6-12-21,22-13-7-3-8-14-22)23-15-9-4-10-16-23/h2-16,18,24-26,28H,17,19H2,1H3,(H,34,37,38)/t24-,25-,26-,28-/m1/s1. The van der Waals surface area contributed by atoms with E-state index in [1.807, 2.05) is 91.0 Å². The number of aromatic amines is 1. The van der Waals surface area contributed by atoms with E-state index < -0.39 is 41.3 Å². The molecule has 1 aromatic heterocycles. The summed E-state index contributed by atoms with van der Waals surface area (Å²) in [7, 11) is 0. The van der Waals surface area contributed by atoms with E-state index in [1.165, 1.54) is 13.1 Å². The number of nitrogens with one attached hydrogen (secondary N) is 1. The van der Waals surface area contributed by atoms with Crippen LogP contribution in [0.5, 0.6) is 0 Å². The summed E-state index contributed by atoms with van der Waals surface area (Å²) in [5.74, 6) is -0.903. The van der Waals surface area contributed by atoms with Crippen molar-refractivity contribution < 1.29 is 13.9 Å². The lowest BCUT2D eigenvalue weighted by molar-refractivity contribution is -0.0871. The van der Waals surface area contributed by atoms with Gasteiger partial charge in [-0.25, -0.2) is 9.18 Å². The van der Waals surface area contributed by atoms with Crippen LogP contribution in [0.4, 0.5) is 4.39 Å². The fourth-order valence-electron chi connectivity index (χ4n) is 5.25. The predicted molar refractivity (Wildman–Crippen MR) is 148 cm³/mol. The second-order valence-corrected chi connectivity index (χ2v) is 9.66. The zero-order valence-electron chi connectivity index (χ0n) is 21.8. The van der Waals surface area contributed by atoms with E-state index in [0.717, 1.165) is 21.3 Å². The Balaban J connectivity index is 1.57. The summed E-state index contributed by atoms with van der Waals surface area (Å²) in [6.07, 6.45) is -2.65. The lowest BCUT2D eigenvalue weighted by atomic mass is 9.80. The molecular formula is C30H28FN5O4. The van der Waals surface area contributed by atoms with Crippen LogP contribution in [-0.2, 0) is 15.1 Å². The number of H-pyrrole nitrogens is 1. The highest BCUT2D eigenvalue weighted by Gasteiger charge is 2.48. The number of aromatic nitrogens is 2. The van der Waals surface area contributed by atoms with Crippen molar-refractivity contribution in [2.45, 2.75) is 31.0 Å². The van der Waals surface area contributed by atoms with Gasteiger partial charge in [0, 0.05) is 29.1 Å². The molecule has 0 radical (unpaired) electrons. The zero-order chi connectivity index (χ0) is 28.1. The second kappa shape index (κ2) is 11.7. The van der Waals surface area contributed by atoms with E-state index >= 15 is 4.39 Å². The summed E-state index contributed by atoms with van der Waals surface area (Å²) in [6, 6.07) is 29.1. The number of aryl methyl sites for hydroxylation is 1. The van der Waals surface area contributed by atoms with E-state index in [1.54, 1.807) is 0 Å². The fourth-order valence-corrected chi connectivity index (χ4v) is 5.25. The average Bonchev–Trinajstić information content (AvgIpc) is 3.30. The molecule has 1 N–H and O–H groups in total. The SMILES string of the molecule is Cc1cn([C@@H]2O[C@H](COC(c3ccccc3)(c3ccccc3)c3ccccc3)[C@@H](CN=[N+]=[N-])[C@H]2F)c(=O)[nH]c1=O. The molecule has 1 saturated heterocycles. The van der Waals surface area contributed by atoms with Crippen molar-refractivity contribution in [3.8, 4) is 0 Å². The third kappa shape index (κ3) is 5.08. The van der Waals surface area contributed by atoms with Gasteiger partial charge in [-0.1, -0.05) is 96.1 Å². The minimum absolute atomic E-state index is 0.0850. The van der Waals surface area contributed by atoms with Gasteiger partial charge in [-0.3, -0.25) is 14.3 Å². The van der Waals surface area contributed by atoms with Crippen molar-refractivity contribution in [2.24, 2.45) is 11.0 Å². The minimum atomic E-state index is -1.71. The molecule has 40 heavy (non-hydrogen) atoms. The number of ether oxygens (including phenoxy) is 2. The maximum absolute atomic E-state index is 15.9. The van der Waals surface area contributed by atoms with Crippen molar-refractivity contribution in [1.82, 2.24) is 9.55 Å².